The molecular weight excluding hydrogens is 270 g/mol. The Bertz CT molecular complexity index is 550. The molecule has 1 unspecified atom stereocenters. The van der Waals surface area contributed by atoms with E-state index < -0.39 is 16.1 Å². The molecular formula is C11H15N3O4S. The third-order valence-corrected chi connectivity index (χ3v) is 3.59. The molecule has 0 bridgehead atoms. The molecule has 4 N–H and O–H groups in total. The molecule has 0 spiro atoms. The summed E-state index contributed by atoms with van der Waals surface area (Å²) >= 11 is 0. The normalized spacial score (nSPS) is 19.1. The summed E-state index contributed by atoms with van der Waals surface area (Å²) in [5, 5.41) is 10.2. The lowest BCUT2D eigenvalue weighted by Gasteiger charge is -2.12. The van der Waals surface area contributed by atoms with E-state index in [0.29, 0.717) is 12.3 Å². The first-order valence-corrected chi connectivity index (χ1v) is 7.32. The first kappa shape index (κ1) is 13.8. The molecule has 19 heavy (non-hydrogen) atoms. The Morgan fingerprint density at radius 2 is 2.00 bits per heavy atom. The molecule has 1 fully saturated rings. The molecule has 1 saturated heterocycles. The summed E-state index contributed by atoms with van der Waals surface area (Å²) < 4.78 is 27.4. The van der Waals surface area contributed by atoms with Crippen LogP contribution in [-0.2, 0) is 14.8 Å². The number of hydrogen-bond donors (Lipinski definition) is 3. The van der Waals surface area contributed by atoms with Gasteiger partial charge in [0.1, 0.15) is 6.23 Å². The van der Waals surface area contributed by atoms with Crippen molar-refractivity contribution in [3.8, 4) is 0 Å². The van der Waals surface area contributed by atoms with Crippen molar-refractivity contribution < 1.29 is 17.9 Å². The Morgan fingerprint density at radius 1 is 1.32 bits per heavy atom. The van der Waals surface area contributed by atoms with Crippen molar-refractivity contribution in [2.45, 2.75) is 24.0 Å². The number of benzene rings is 1. The van der Waals surface area contributed by atoms with Crippen LogP contribution < -0.4 is 15.8 Å². The van der Waals surface area contributed by atoms with Crippen LogP contribution in [0, 0.1) is 0 Å². The summed E-state index contributed by atoms with van der Waals surface area (Å²) in [5.74, 6) is 0. The largest absolute Gasteiger partial charge is 0.358 e. The fraction of sp³-hybridized carbons (Fsp3) is 0.364. The minimum Gasteiger partial charge on any atom is -0.358 e. The molecule has 2 amide bonds. The van der Waals surface area contributed by atoms with Crippen LogP contribution in [0.1, 0.15) is 12.8 Å². The van der Waals surface area contributed by atoms with Crippen molar-refractivity contribution in [1.29, 1.82) is 0 Å². The molecule has 0 saturated carbocycles. The number of ether oxygens (including phenoxy) is 1. The molecule has 2 rings (SSSR count). The topological polar surface area (TPSA) is 111 Å². The lowest BCUT2D eigenvalue weighted by Crippen LogP contribution is -2.37. The van der Waals surface area contributed by atoms with Gasteiger partial charge in [0.25, 0.3) is 0 Å². The molecule has 0 radical (unpaired) electrons. The van der Waals surface area contributed by atoms with E-state index in [1.165, 1.54) is 24.3 Å². The summed E-state index contributed by atoms with van der Waals surface area (Å²) in [6.45, 7) is 0.647. The highest BCUT2D eigenvalue weighted by Gasteiger charge is 2.17. The minimum absolute atomic E-state index is 0.00224. The lowest BCUT2D eigenvalue weighted by atomic mass is 10.3. The number of sulfonamides is 1. The van der Waals surface area contributed by atoms with Crippen molar-refractivity contribution in [3.63, 3.8) is 0 Å². The fourth-order valence-corrected chi connectivity index (χ4v) is 2.25. The van der Waals surface area contributed by atoms with Crippen molar-refractivity contribution in [2.24, 2.45) is 5.14 Å². The van der Waals surface area contributed by atoms with Gasteiger partial charge in [0, 0.05) is 12.3 Å². The fourth-order valence-electron chi connectivity index (χ4n) is 1.73. The number of amides is 2. The van der Waals surface area contributed by atoms with Gasteiger partial charge in [0.15, 0.2) is 0 Å². The van der Waals surface area contributed by atoms with Crippen LogP contribution in [0.5, 0.6) is 0 Å². The minimum atomic E-state index is -3.72. The predicted octanol–water partition coefficient (Wildman–Crippen LogP) is 0.592. The van der Waals surface area contributed by atoms with Crippen molar-refractivity contribution >= 4 is 21.7 Å². The highest BCUT2D eigenvalue weighted by molar-refractivity contribution is 7.89. The van der Waals surface area contributed by atoms with Gasteiger partial charge < -0.3 is 15.4 Å². The van der Waals surface area contributed by atoms with Crippen LogP contribution >= 0.6 is 0 Å². The quantitative estimate of drug-likeness (QED) is 0.754. The van der Waals surface area contributed by atoms with Gasteiger partial charge in [-0.1, -0.05) is 0 Å². The molecule has 8 heteroatoms. The zero-order chi connectivity index (χ0) is 13.9. The number of urea groups is 1. The number of nitrogens with two attached hydrogens (primary N) is 1. The number of nitrogens with one attached hydrogen (secondary N) is 2. The smallest absolute Gasteiger partial charge is 0.321 e. The van der Waals surface area contributed by atoms with Crippen LogP contribution in [0.25, 0.3) is 0 Å². The Hall–Kier alpha value is -1.64. The van der Waals surface area contributed by atoms with E-state index in [1.54, 1.807) is 0 Å². The van der Waals surface area contributed by atoms with Crippen molar-refractivity contribution in [2.75, 3.05) is 11.9 Å². The van der Waals surface area contributed by atoms with Crippen LogP contribution in [0.2, 0.25) is 0 Å². The summed E-state index contributed by atoms with van der Waals surface area (Å²) in [6.07, 6.45) is 1.45. The second-order valence-corrected chi connectivity index (χ2v) is 5.73. The van der Waals surface area contributed by atoms with Crippen molar-refractivity contribution in [3.05, 3.63) is 24.3 Å². The predicted molar refractivity (Wildman–Crippen MR) is 68.9 cm³/mol. The summed E-state index contributed by atoms with van der Waals surface area (Å²) in [4.78, 5) is 11.6. The molecule has 1 aliphatic rings. The highest BCUT2D eigenvalue weighted by atomic mass is 32.2. The maximum atomic E-state index is 11.6. The standard InChI is InChI=1S/C11H15N3O4S/c12-19(16,17)9-5-3-8(4-6-9)13-11(15)14-10-2-1-7-18-10/h3-6,10H,1-2,7H2,(H2,12,16,17)(H2,13,14,15). The molecule has 1 aromatic rings. The van der Waals surface area contributed by atoms with E-state index in [0.717, 1.165) is 12.8 Å². The maximum absolute atomic E-state index is 11.6. The summed E-state index contributed by atoms with van der Waals surface area (Å²) in [7, 11) is -3.72. The number of rotatable bonds is 3. The van der Waals surface area contributed by atoms with Gasteiger partial charge >= 0.3 is 6.03 Å². The van der Waals surface area contributed by atoms with E-state index in [-0.39, 0.29) is 11.1 Å². The molecule has 1 atom stereocenters. The van der Waals surface area contributed by atoms with Gasteiger partial charge in [-0.3, -0.25) is 0 Å². The monoisotopic (exact) mass is 285 g/mol. The van der Waals surface area contributed by atoms with E-state index in [1.807, 2.05) is 0 Å². The first-order chi connectivity index (χ1) is 8.95. The SMILES string of the molecule is NS(=O)(=O)c1ccc(NC(=O)NC2CCCO2)cc1. The Morgan fingerprint density at radius 3 is 2.53 bits per heavy atom. The number of hydrogen-bond acceptors (Lipinski definition) is 4. The third-order valence-electron chi connectivity index (χ3n) is 2.66. The second-order valence-electron chi connectivity index (χ2n) is 4.17. The molecule has 7 nitrogen and oxygen atoms in total. The van der Waals surface area contributed by atoms with Crippen LogP contribution in [0.4, 0.5) is 10.5 Å². The molecule has 0 aliphatic carbocycles. The average molecular weight is 285 g/mol. The highest BCUT2D eigenvalue weighted by Crippen LogP contribution is 2.13. The Labute approximate surface area is 111 Å². The van der Waals surface area contributed by atoms with Gasteiger partial charge in [-0.25, -0.2) is 18.4 Å². The number of carbonyl (C=O) groups excluding carboxylic acids is 1. The van der Waals surface area contributed by atoms with Gasteiger partial charge in [-0.15, -0.1) is 0 Å². The molecule has 1 heterocycles. The number of anilines is 1. The van der Waals surface area contributed by atoms with E-state index in [4.69, 9.17) is 9.88 Å². The average Bonchev–Trinajstić information content (AvgIpc) is 2.81. The van der Waals surface area contributed by atoms with Crippen molar-refractivity contribution in [1.82, 2.24) is 5.32 Å². The van der Waals surface area contributed by atoms with E-state index in [2.05, 4.69) is 10.6 Å². The lowest BCUT2D eigenvalue weighted by molar-refractivity contribution is 0.0928. The van der Waals surface area contributed by atoms with Crippen LogP contribution in [0.3, 0.4) is 0 Å². The second kappa shape index (κ2) is 5.55. The number of carbonyl (C=O) groups is 1. The van der Waals surface area contributed by atoms with Gasteiger partial charge in [-0.2, -0.15) is 0 Å². The zero-order valence-electron chi connectivity index (χ0n) is 10.1. The van der Waals surface area contributed by atoms with Gasteiger partial charge in [-0.05, 0) is 37.1 Å². The summed E-state index contributed by atoms with van der Waals surface area (Å²) in [5.41, 5.74) is 0.475. The van der Waals surface area contributed by atoms with Crippen LogP contribution in [-0.4, -0.2) is 27.3 Å². The maximum Gasteiger partial charge on any atom is 0.321 e. The Kier molecular flexibility index (Phi) is 4.03. The van der Waals surface area contributed by atoms with E-state index >= 15 is 0 Å². The van der Waals surface area contributed by atoms with Gasteiger partial charge in [0.2, 0.25) is 10.0 Å². The van der Waals surface area contributed by atoms with Crippen LogP contribution in [0.15, 0.2) is 29.2 Å². The third kappa shape index (κ3) is 3.91. The Balaban J connectivity index is 1.93. The molecule has 1 aromatic carbocycles. The molecule has 0 aromatic heterocycles. The van der Waals surface area contributed by atoms with E-state index in [9.17, 15) is 13.2 Å². The molecule has 1 aliphatic heterocycles. The summed E-state index contributed by atoms with van der Waals surface area (Å²) in [6, 6.07) is 5.20. The zero-order valence-corrected chi connectivity index (χ0v) is 10.9. The van der Waals surface area contributed by atoms with Gasteiger partial charge in [0.05, 0.1) is 4.90 Å². The first-order valence-electron chi connectivity index (χ1n) is 5.77. The number of primary sulfonamides is 1. The molecule has 104 valence electrons.